The van der Waals surface area contributed by atoms with Gasteiger partial charge in [-0.05, 0) is 6.92 Å². The molecule has 1 fully saturated rings. The molecular weight excluding hydrogens is 172 g/mol. The van der Waals surface area contributed by atoms with E-state index in [0.717, 1.165) is 0 Å². The Morgan fingerprint density at radius 2 is 2.27 bits per heavy atom. The van der Waals surface area contributed by atoms with Crippen LogP contribution in [-0.4, -0.2) is 45.3 Å². The molecule has 5 heteroatoms. The predicted molar refractivity (Wildman–Crippen MR) is 38.3 cm³/mol. The summed E-state index contributed by atoms with van der Waals surface area (Å²) in [6.45, 7) is 0.807. The first-order valence-corrected chi connectivity index (χ1v) is 3.64. The first-order chi connectivity index (χ1) is 4.92. The quantitative estimate of drug-likeness (QED) is 0.458. The largest absolute Gasteiger partial charge is 0.392 e. The molecule has 0 amide bonds. The van der Waals surface area contributed by atoms with Crippen molar-refractivity contribution < 1.29 is 20.1 Å². The van der Waals surface area contributed by atoms with E-state index in [1.54, 1.807) is 0 Å². The van der Waals surface area contributed by atoms with Crippen molar-refractivity contribution in [1.29, 1.82) is 0 Å². The number of alkyl halides is 1. The summed E-state index contributed by atoms with van der Waals surface area (Å²) >= 11 is 5.61. The van der Waals surface area contributed by atoms with E-state index in [4.69, 9.17) is 21.4 Å². The third-order valence-electron chi connectivity index (χ3n) is 1.82. The summed E-state index contributed by atoms with van der Waals surface area (Å²) in [5.41, 5.74) is -1.37. The first-order valence-electron chi connectivity index (χ1n) is 3.26. The van der Waals surface area contributed by atoms with Gasteiger partial charge < -0.3 is 20.1 Å². The number of hydrogen-bond donors (Lipinski definition) is 3. The fourth-order valence-electron chi connectivity index (χ4n) is 1.02. The molecule has 1 aliphatic heterocycles. The molecule has 0 spiro atoms. The van der Waals surface area contributed by atoms with Gasteiger partial charge in [0, 0.05) is 0 Å². The minimum absolute atomic E-state index is 0.0712. The molecule has 1 heterocycles. The minimum Gasteiger partial charge on any atom is -0.392 e. The van der Waals surface area contributed by atoms with Crippen molar-refractivity contribution in [2.24, 2.45) is 0 Å². The van der Waals surface area contributed by atoms with Crippen LogP contribution >= 0.6 is 11.6 Å². The zero-order chi connectivity index (χ0) is 8.70. The molecule has 66 valence electrons. The fraction of sp³-hybridized carbons (Fsp3) is 1.00. The van der Waals surface area contributed by atoms with Gasteiger partial charge in [-0.15, -0.1) is 0 Å². The van der Waals surface area contributed by atoms with Gasteiger partial charge in [-0.2, -0.15) is 0 Å². The summed E-state index contributed by atoms with van der Waals surface area (Å²) in [6, 6.07) is 0. The molecule has 0 aliphatic carbocycles. The summed E-state index contributed by atoms with van der Waals surface area (Å²) in [7, 11) is 0. The molecule has 0 aromatic carbocycles. The van der Waals surface area contributed by atoms with Crippen LogP contribution in [0.2, 0.25) is 0 Å². The number of hydrogen-bond acceptors (Lipinski definition) is 4. The van der Waals surface area contributed by atoms with Crippen LogP contribution in [0.5, 0.6) is 0 Å². The number of ether oxygens (including phenoxy) is 1. The molecule has 11 heavy (non-hydrogen) atoms. The van der Waals surface area contributed by atoms with E-state index >= 15 is 0 Å². The Morgan fingerprint density at radius 3 is 2.45 bits per heavy atom. The number of rotatable bonds is 1. The molecule has 0 aromatic heterocycles. The second-order valence-electron chi connectivity index (χ2n) is 2.99. The van der Waals surface area contributed by atoms with Gasteiger partial charge in [0.05, 0.1) is 13.2 Å². The van der Waals surface area contributed by atoms with Crippen LogP contribution in [0.25, 0.3) is 0 Å². The highest BCUT2D eigenvalue weighted by molar-refractivity contribution is 6.23. The van der Waals surface area contributed by atoms with E-state index < -0.39 is 23.4 Å². The molecule has 0 radical (unpaired) electrons. The van der Waals surface area contributed by atoms with Crippen LogP contribution in [0.1, 0.15) is 6.92 Å². The van der Waals surface area contributed by atoms with Crippen molar-refractivity contribution in [3.63, 3.8) is 0 Å². The lowest BCUT2D eigenvalue weighted by molar-refractivity contribution is -0.0586. The topological polar surface area (TPSA) is 69.9 Å². The highest BCUT2D eigenvalue weighted by atomic mass is 35.5. The van der Waals surface area contributed by atoms with Crippen molar-refractivity contribution in [3.8, 4) is 0 Å². The second-order valence-corrected chi connectivity index (χ2v) is 3.63. The van der Waals surface area contributed by atoms with Gasteiger partial charge in [-0.3, -0.25) is 0 Å². The van der Waals surface area contributed by atoms with E-state index in [0.29, 0.717) is 0 Å². The summed E-state index contributed by atoms with van der Waals surface area (Å²) in [5.74, 6) is 0. The SMILES string of the molecule is C[C@]1(O)CO[C@](Cl)(CO)[C@H]1O. The molecule has 3 N–H and O–H groups in total. The molecule has 0 unspecified atom stereocenters. The highest BCUT2D eigenvalue weighted by Gasteiger charge is 2.54. The smallest absolute Gasteiger partial charge is 0.193 e. The zero-order valence-corrected chi connectivity index (χ0v) is 6.88. The molecule has 4 nitrogen and oxygen atoms in total. The molecule has 0 aromatic rings. The van der Waals surface area contributed by atoms with Crippen molar-refractivity contribution in [2.75, 3.05) is 13.2 Å². The Bertz CT molecular complexity index is 161. The van der Waals surface area contributed by atoms with E-state index in [9.17, 15) is 10.2 Å². The lowest BCUT2D eigenvalue weighted by atomic mass is 9.99. The average molecular weight is 183 g/mol. The van der Waals surface area contributed by atoms with Crippen molar-refractivity contribution in [3.05, 3.63) is 0 Å². The van der Waals surface area contributed by atoms with Crippen molar-refractivity contribution >= 4 is 11.6 Å². The Labute approximate surface area is 69.4 Å². The summed E-state index contributed by atoms with van der Waals surface area (Å²) < 4.78 is 4.83. The Kier molecular flexibility index (Phi) is 2.15. The van der Waals surface area contributed by atoms with E-state index in [1.807, 2.05) is 0 Å². The predicted octanol–water partition coefficient (Wildman–Crippen LogP) is -0.944. The average Bonchev–Trinajstić information content (AvgIpc) is 2.16. The summed E-state index contributed by atoms with van der Waals surface area (Å²) in [4.78, 5) is 0. The maximum Gasteiger partial charge on any atom is 0.193 e. The van der Waals surface area contributed by atoms with Gasteiger partial charge in [0.2, 0.25) is 0 Å². The van der Waals surface area contributed by atoms with Crippen LogP contribution in [0.15, 0.2) is 0 Å². The normalized spacial score (nSPS) is 51.5. The van der Waals surface area contributed by atoms with E-state index in [-0.39, 0.29) is 6.61 Å². The van der Waals surface area contributed by atoms with Gasteiger partial charge in [-0.1, -0.05) is 11.6 Å². The third kappa shape index (κ3) is 1.37. The summed E-state index contributed by atoms with van der Waals surface area (Å²) in [5, 5.41) is 25.8. The van der Waals surface area contributed by atoms with Gasteiger partial charge in [-0.25, -0.2) is 0 Å². The van der Waals surface area contributed by atoms with E-state index in [1.165, 1.54) is 6.92 Å². The molecule has 3 atom stereocenters. The minimum atomic E-state index is -1.54. The van der Waals surface area contributed by atoms with Crippen molar-refractivity contribution in [1.82, 2.24) is 0 Å². The highest BCUT2D eigenvalue weighted by Crippen LogP contribution is 2.35. The molecule has 1 aliphatic rings. The second kappa shape index (κ2) is 2.57. The zero-order valence-electron chi connectivity index (χ0n) is 6.12. The number of halogens is 1. The molecular formula is C6H11ClO4. The van der Waals surface area contributed by atoms with Gasteiger partial charge in [0.25, 0.3) is 0 Å². The summed E-state index contributed by atoms with van der Waals surface area (Å²) in [6.07, 6.45) is -1.26. The van der Waals surface area contributed by atoms with Crippen LogP contribution < -0.4 is 0 Å². The fourth-order valence-corrected chi connectivity index (χ4v) is 1.31. The maximum atomic E-state index is 9.36. The molecule has 0 bridgehead atoms. The molecule has 1 rings (SSSR count). The van der Waals surface area contributed by atoms with Crippen LogP contribution in [0.3, 0.4) is 0 Å². The van der Waals surface area contributed by atoms with Crippen LogP contribution in [0, 0.1) is 0 Å². The van der Waals surface area contributed by atoms with Gasteiger partial charge in [0.15, 0.2) is 5.06 Å². The standard InChI is InChI=1S/C6H11ClO4/c1-5(10)3-11-6(7,2-8)4(5)9/h4,8-10H,2-3H2,1H3/t4-,5-,6+/m0/s1. The Hall–Kier alpha value is 0.130. The monoisotopic (exact) mass is 182 g/mol. The van der Waals surface area contributed by atoms with Crippen molar-refractivity contribution in [2.45, 2.75) is 23.7 Å². The lowest BCUT2D eigenvalue weighted by Crippen LogP contribution is -2.47. The number of aliphatic hydroxyl groups is 3. The Balaban J connectivity index is 2.78. The maximum absolute atomic E-state index is 9.36. The first kappa shape index (κ1) is 9.22. The molecule has 0 saturated carbocycles. The number of aliphatic hydroxyl groups excluding tert-OH is 2. The van der Waals surface area contributed by atoms with Crippen LogP contribution in [0.4, 0.5) is 0 Å². The van der Waals surface area contributed by atoms with Gasteiger partial charge in [0.1, 0.15) is 11.7 Å². The third-order valence-corrected chi connectivity index (χ3v) is 2.25. The molecule has 1 saturated heterocycles. The lowest BCUT2D eigenvalue weighted by Gasteiger charge is -2.25. The van der Waals surface area contributed by atoms with Crippen LogP contribution in [-0.2, 0) is 4.74 Å². The van der Waals surface area contributed by atoms with E-state index in [2.05, 4.69) is 0 Å². The Morgan fingerprint density at radius 1 is 1.73 bits per heavy atom. The van der Waals surface area contributed by atoms with Gasteiger partial charge >= 0.3 is 0 Å².